The van der Waals surface area contributed by atoms with Gasteiger partial charge in [-0.15, -0.1) is 0 Å². The second-order valence-electron chi connectivity index (χ2n) is 3.75. The minimum absolute atomic E-state index is 0.142. The van der Waals surface area contributed by atoms with Gasteiger partial charge in [-0.2, -0.15) is 0 Å². The van der Waals surface area contributed by atoms with Crippen LogP contribution in [0.15, 0.2) is 30.3 Å². The van der Waals surface area contributed by atoms with Crippen LogP contribution in [-0.4, -0.2) is 4.92 Å². The van der Waals surface area contributed by atoms with Gasteiger partial charge in [-0.25, -0.2) is 0 Å². The molecule has 3 nitrogen and oxygen atoms in total. The Balaban J connectivity index is 2.45. The zero-order valence-corrected chi connectivity index (χ0v) is 9.56. The predicted octanol–water partition coefficient (Wildman–Crippen LogP) is 4.19. The van der Waals surface area contributed by atoms with E-state index in [0.717, 1.165) is 12.0 Å². The largest absolute Gasteiger partial charge is 0.269 e. The van der Waals surface area contributed by atoms with Gasteiger partial charge in [-0.05, 0) is 30.5 Å². The Labute approximate surface area is 95.9 Å². The lowest BCUT2D eigenvalue weighted by atomic mass is 10.1. The zero-order chi connectivity index (χ0) is 11.8. The van der Waals surface area contributed by atoms with Crippen LogP contribution >= 0.6 is 0 Å². The topological polar surface area (TPSA) is 43.1 Å². The summed E-state index contributed by atoms with van der Waals surface area (Å²) in [5.74, 6) is 0. The minimum Gasteiger partial charge on any atom is -0.258 e. The van der Waals surface area contributed by atoms with Crippen molar-refractivity contribution in [3.05, 3.63) is 46.0 Å². The van der Waals surface area contributed by atoms with Crippen molar-refractivity contribution in [2.45, 2.75) is 32.6 Å². The van der Waals surface area contributed by atoms with Crippen molar-refractivity contribution in [3.8, 4) is 0 Å². The second-order valence-corrected chi connectivity index (χ2v) is 3.75. The number of hydrogen-bond acceptors (Lipinski definition) is 2. The van der Waals surface area contributed by atoms with Gasteiger partial charge in [0.15, 0.2) is 0 Å². The molecule has 0 heterocycles. The maximum Gasteiger partial charge on any atom is 0.269 e. The Bertz CT molecular complexity index is 355. The number of benzene rings is 1. The summed E-state index contributed by atoms with van der Waals surface area (Å²) in [5.41, 5.74) is 1.16. The van der Waals surface area contributed by atoms with Gasteiger partial charge in [0.05, 0.1) is 4.92 Å². The molecule has 0 bridgehead atoms. The molecule has 1 aromatic rings. The average molecular weight is 219 g/mol. The number of nitro groups is 1. The van der Waals surface area contributed by atoms with Crippen LogP contribution in [0.1, 0.15) is 38.2 Å². The van der Waals surface area contributed by atoms with Gasteiger partial charge in [0.1, 0.15) is 0 Å². The molecule has 3 heteroatoms. The molecule has 0 spiro atoms. The summed E-state index contributed by atoms with van der Waals surface area (Å²) in [6.45, 7) is 2.18. The van der Waals surface area contributed by atoms with Crippen LogP contribution < -0.4 is 0 Å². The standard InChI is InChI=1S/C13H17NO2/c1-2-3-4-5-6-7-12-8-10-13(11-9-12)14(15)16/h6-11H,2-5H2,1H3. The molecule has 1 aromatic carbocycles. The lowest BCUT2D eigenvalue weighted by molar-refractivity contribution is -0.384. The highest BCUT2D eigenvalue weighted by atomic mass is 16.6. The van der Waals surface area contributed by atoms with Crippen LogP contribution in [0.3, 0.4) is 0 Å². The lowest BCUT2D eigenvalue weighted by Crippen LogP contribution is -1.86. The summed E-state index contributed by atoms with van der Waals surface area (Å²) in [6, 6.07) is 6.61. The fraction of sp³-hybridized carbons (Fsp3) is 0.385. The maximum atomic E-state index is 10.4. The smallest absolute Gasteiger partial charge is 0.258 e. The van der Waals surface area contributed by atoms with Crippen LogP contribution in [0.4, 0.5) is 5.69 Å². The molecule has 0 N–H and O–H groups in total. The maximum absolute atomic E-state index is 10.4. The Hall–Kier alpha value is -1.64. The number of nitrogens with zero attached hydrogens (tertiary/aromatic N) is 1. The van der Waals surface area contributed by atoms with Crippen molar-refractivity contribution < 1.29 is 4.92 Å². The lowest BCUT2D eigenvalue weighted by Gasteiger charge is -1.94. The third kappa shape index (κ3) is 4.26. The molecule has 0 aliphatic rings. The molecule has 0 aliphatic heterocycles. The molecule has 0 saturated heterocycles. The highest BCUT2D eigenvalue weighted by Crippen LogP contribution is 2.13. The van der Waals surface area contributed by atoms with Crippen molar-refractivity contribution in [2.24, 2.45) is 0 Å². The molecule has 1 rings (SSSR count). The van der Waals surface area contributed by atoms with E-state index in [2.05, 4.69) is 13.0 Å². The second kappa shape index (κ2) is 6.77. The van der Waals surface area contributed by atoms with Crippen molar-refractivity contribution >= 4 is 11.8 Å². The van der Waals surface area contributed by atoms with E-state index in [1.807, 2.05) is 6.08 Å². The Kier molecular flexibility index (Phi) is 5.26. The van der Waals surface area contributed by atoms with Crippen LogP contribution in [0.2, 0.25) is 0 Å². The van der Waals surface area contributed by atoms with Crippen LogP contribution in [0.5, 0.6) is 0 Å². The number of unbranched alkanes of at least 4 members (excludes halogenated alkanes) is 3. The van der Waals surface area contributed by atoms with E-state index in [1.165, 1.54) is 31.4 Å². The molecule has 0 radical (unpaired) electrons. The average Bonchev–Trinajstić information content (AvgIpc) is 2.29. The van der Waals surface area contributed by atoms with Crippen LogP contribution in [-0.2, 0) is 0 Å². The fourth-order valence-electron chi connectivity index (χ4n) is 1.44. The number of hydrogen-bond donors (Lipinski definition) is 0. The molecule has 86 valence electrons. The molecule has 0 aromatic heterocycles. The SMILES string of the molecule is CCCCCC=Cc1ccc([N+](=O)[O-])cc1. The van der Waals surface area contributed by atoms with E-state index in [1.54, 1.807) is 12.1 Å². The summed E-state index contributed by atoms with van der Waals surface area (Å²) < 4.78 is 0. The van der Waals surface area contributed by atoms with E-state index in [4.69, 9.17) is 0 Å². The highest BCUT2D eigenvalue weighted by Gasteiger charge is 2.01. The van der Waals surface area contributed by atoms with Gasteiger partial charge in [0.25, 0.3) is 5.69 Å². The van der Waals surface area contributed by atoms with Gasteiger partial charge < -0.3 is 0 Å². The predicted molar refractivity (Wildman–Crippen MR) is 66.3 cm³/mol. The van der Waals surface area contributed by atoms with Crippen molar-refractivity contribution in [1.82, 2.24) is 0 Å². The third-order valence-electron chi connectivity index (χ3n) is 2.39. The molecule has 0 amide bonds. The normalized spacial score (nSPS) is 10.8. The summed E-state index contributed by atoms with van der Waals surface area (Å²) in [6.07, 6.45) is 8.90. The van der Waals surface area contributed by atoms with Crippen molar-refractivity contribution in [2.75, 3.05) is 0 Å². The van der Waals surface area contributed by atoms with Gasteiger partial charge in [0, 0.05) is 12.1 Å². The molecule has 0 unspecified atom stereocenters. The first kappa shape index (κ1) is 12.4. The summed E-state index contributed by atoms with van der Waals surface area (Å²) in [4.78, 5) is 10.1. The number of rotatable bonds is 6. The highest BCUT2D eigenvalue weighted by molar-refractivity contribution is 5.51. The first-order valence-electron chi connectivity index (χ1n) is 5.65. The van der Waals surface area contributed by atoms with Gasteiger partial charge >= 0.3 is 0 Å². The van der Waals surface area contributed by atoms with Gasteiger partial charge in [-0.1, -0.05) is 31.9 Å². The van der Waals surface area contributed by atoms with Crippen LogP contribution in [0, 0.1) is 10.1 Å². The quantitative estimate of drug-likeness (QED) is 0.409. The fourth-order valence-corrected chi connectivity index (χ4v) is 1.44. The van der Waals surface area contributed by atoms with E-state index >= 15 is 0 Å². The zero-order valence-electron chi connectivity index (χ0n) is 9.56. The van der Waals surface area contributed by atoms with E-state index in [-0.39, 0.29) is 10.6 Å². The Morgan fingerprint density at radius 3 is 2.50 bits per heavy atom. The summed E-state index contributed by atoms with van der Waals surface area (Å²) >= 11 is 0. The van der Waals surface area contributed by atoms with E-state index < -0.39 is 0 Å². The number of non-ortho nitro benzene ring substituents is 1. The first-order valence-corrected chi connectivity index (χ1v) is 5.65. The molecule has 0 saturated carbocycles. The molecular weight excluding hydrogens is 202 g/mol. The molecule has 16 heavy (non-hydrogen) atoms. The van der Waals surface area contributed by atoms with Gasteiger partial charge in [-0.3, -0.25) is 10.1 Å². The third-order valence-corrected chi connectivity index (χ3v) is 2.39. The van der Waals surface area contributed by atoms with E-state index in [0.29, 0.717) is 0 Å². The summed E-state index contributed by atoms with van der Waals surface area (Å²) in [7, 11) is 0. The minimum atomic E-state index is -0.380. The molecule has 0 fully saturated rings. The Morgan fingerprint density at radius 2 is 1.94 bits per heavy atom. The Morgan fingerprint density at radius 1 is 1.25 bits per heavy atom. The van der Waals surface area contributed by atoms with Crippen molar-refractivity contribution in [3.63, 3.8) is 0 Å². The van der Waals surface area contributed by atoms with Crippen molar-refractivity contribution in [1.29, 1.82) is 0 Å². The summed E-state index contributed by atoms with van der Waals surface area (Å²) in [5, 5.41) is 10.4. The molecule has 0 aliphatic carbocycles. The van der Waals surface area contributed by atoms with Gasteiger partial charge in [0.2, 0.25) is 0 Å². The number of nitro benzene ring substituents is 1. The monoisotopic (exact) mass is 219 g/mol. The molecule has 0 atom stereocenters. The first-order chi connectivity index (χ1) is 7.74. The van der Waals surface area contributed by atoms with E-state index in [9.17, 15) is 10.1 Å². The number of allylic oxidation sites excluding steroid dienone is 1. The molecular formula is C13H17NO2. The van der Waals surface area contributed by atoms with Crippen LogP contribution in [0.25, 0.3) is 6.08 Å².